The molecule has 1 aromatic heterocycles. The number of aromatic nitrogens is 1. The van der Waals surface area contributed by atoms with E-state index < -0.39 is 60.4 Å². The van der Waals surface area contributed by atoms with E-state index in [2.05, 4.69) is 20.9 Å². The molecule has 0 aliphatic carbocycles. The van der Waals surface area contributed by atoms with Gasteiger partial charge >= 0.3 is 5.97 Å². The fourth-order valence-electron chi connectivity index (χ4n) is 3.30. The highest BCUT2D eigenvalue weighted by Gasteiger charge is 2.27. The summed E-state index contributed by atoms with van der Waals surface area (Å²) < 4.78 is 0. The predicted octanol–water partition coefficient (Wildman–Crippen LogP) is -2.15. The van der Waals surface area contributed by atoms with Gasteiger partial charge in [-0.05, 0) is 25.0 Å². The minimum absolute atomic E-state index is 0.00750. The first-order chi connectivity index (χ1) is 16.5. The largest absolute Gasteiger partial charge is 0.480 e. The smallest absolute Gasteiger partial charge is 0.326 e. The number of aliphatic hydroxyl groups excluding tert-OH is 1. The third-order valence-corrected chi connectivity index (χ3v) is 5.29. The number of hydrogen-bond acceptors (Lipinski definition) is 7. The number of hydrogen-bond donors (Lipinski definition) is 8. The molecule has 0 radical (unpaired) electrons. The van der Waals surface area contributed by atoms with Gasteiger partial charge < -0.3 is 42.6 Å². The lowest BCUT2D eigenvalue weighted by molar-refractivity contribution is -0.141. The van der Waals surface area contributed by atoms with Crippen LogP contribution >= 0.6 is 0 Å². The molecule has 190 valence electrons. The van der Waals surface area contributed by atoms with E-state index in [1.165, 1.54) is 6.92 Å². The number of aliphatic carboxylic acids is 1. The first-order valence-corrected chi connectivity index (χ1v) is 10.9. The van der Waals surface area contributed by atoms with Crippen LogP contribution in [-0.4, -0.2) is 75.6 Å². The van der Waals surface area contributed by atoms with E-state index in [9.17, 15) is 34.2 Å². The topological polar surface area (TPSA) is 230 Å². The summed E-state index contributed by atoms with van der Waals surface area (Å²) in [4.78, 5) is 62.8. The average Bonchev–Trinajstić information content (AvgIpc) is 3.21. The maximum atomic E-state index is 12.5. The number of para-hydroxylation sites is 1. The SMILES string of the molecule is CC(O)C(N)C(=O)NC(CCC(N)=O)C(=O)NCC(=O)NC(Cc1c[nH]c2ccccc12)C(=O)O. The molecule has 2 aromatic rings. The summed E-state index contributed by atoms with van der Waals surface area (Å²) in [5, 5.41) is 26.8. The number of carbonyl (C=O) groups is 5. The normalized spacial score (nSPS) is 14.4. The molecule has 0 aliphatic heterocycles. The van der Waals surface area contributed by atoms with Gasteiger partial charge in [0.15, 0.2) is 0 Å². The quantitative estimate of drug-likeness (QED) is 0.154. The molecule has 0 saturated carbocycles. The summed E-state index contributed by atoms with van der Waals surface area (Å²) in [6.07, 6.45) is 0.0803. The van der Waals surface area contributed by atoms with Gasteiger partial charge in [-0.2, -0.15) is 0 Å². The lowest BCUT2D eigenvalue weighted by Gasteiger charge is -2.21. The van der Waals surface area contributed by atoms with Crippen LogP contribution in [0, 0.1) is 0 Å². The van der Waals surface area contributed by atoms with Crippen molar-refractivity contribution in [3.05, 3.63) is 36.0 Å². The summed E-state index contributed by atoms with van der Waals surface area (Å²) in [5.41, 5.74) is 12.2. The van der Waals surface area contributed by atoms with Crippen LogP contribution in [0.25, 0.3) is 10.9 Å². The molecule has 10 N–H and O–H groups in total. The summed E-state index contributed by atoms with van der Waals surface area (Å²) in [5.74, 6) is -4.38. The molecule has 0 fully saturated rings. The number of fused-ring (bicyclic) bond motifs is 1. The zero-order valence-corrected chi connectivity index (χ0v) is 19.1. The van der Waals surface area contributed by atoms with Gasteiger partial charge in [0.1, 0.15) is 18.1 Å². The molecule has 0 bridgehead atoms. The van der Waals surface area contributed by atoms with Crippen LogP contribution in [0.15, 0.2) is 30.5 Å². The van der Waals surface area contributed by atoms with Crippen molar-refractivity contribution in [1.29, 1.82) is 0 Å². The Morgan fingerprint density at radius 1 is 1.06 bits per heavy atom. The number of carboxylic acid groups (broad SMARTS) is 1. The Bertz CT molecular complexity index is 1080. The van der Waals surface area contributed by atoms with Crippen molar-refractivity contribution < 1.29 is 34.2 Å². The second-order valence-electron chi connectivity index (χ2n) is 8.07. The maximum absolute atomic E-state index is 12.5. The molecule has 1 aromatic carbocycles. The molecule has 0 aliphatic rings. The van der Waals surface area contributed by atoms with Crippen molar-refractivity contribution in [1.82, 2.24) is 20.9 Å². The molecule has 4 atom stereocenters. The fourth-order valence-corrected chi connectivity index (χ4v) is 3.30. The zero-order chi connectivity index (χ0) is 26.1. The molecule has 4 amide bonds. The van der Waals surface area contributed by atoms with E-state index in [1.54, 1.807) is 6.20 Å². The van der Waals surface area contributed by atoms with Gasteiger partial charge in [0.25, 0.3) is 0 Å². The molecule has 13 nitrogen and oxygen atoms in total. The van der Waals surface area contributed by atoms with Crippen molar-refractivity contribution in [2.24, 2.45) is 11.5 Å². The van der Waals surface area contributed by atoms with Crippen LogP contribution in [0.3, 0.4) is 0 Å². The number of nitrogens with one attached hydrogen (secondary N) is 4. The fraction of sp³-hybridized carbons (Fsp3) is 0.409. The van der Waals surface area contributed by atoms with Gasteiger partial charge in [-0.3, -0.25) is 19.2 Å². The Labute approximate surface area is 200 Å². The predicted molar refractivity (Wildman–Crippen MR) is 125 cm³/mol. The number of aliphatic hydroxyl groups is 1. The number of H-pyrrole nitrogens is 1. The average molecular weight is 491 g/mol. The summed E-state index contributed by atoms with van der Waals surface area (Å²) in [7, 11) is 0. The number of benzene rings is 1. The van der Waals surface area contributed by atoms with Crippen molar-refractivity contribution in [2.75, 3.05) is 6.54 Å². The lowest BCUT2D eigenvalue weighted by atomic mass is 10.0. The minimum atomic E-state index is -1.32. The van der Waals surface area contributed by atoms with E-state index in [0.717, 1.165) is 10.9 Å². The van der Waals surface area contributed by atoms with Gasteiger partial charge in [-0.25, -0.2) is 4.79 Å². The number of carbonyl (C=O) groups excluding carboxylic acids is 4. The summed E-state index contributed by atoms with van der Waals surface area (Å²) >= 11 is 0. The number of aromatic amines is 1. The Kier molecular flexibility index (Phi) is 9.73. The Morgan fingerprint density at radius 3 is 2.37 bits per heavy atom. The molecule has 4 unspecified atom stereocenters. The van der Waals surface area contributed by atoms with Crippen molar-refractivity contribution in [2.45, 2.75) is 50.4 Å². The van der Waals surface area contributed by atoms with Gasteiger partial charge in [0.2, 0.25) is 23.6 Å². The summed E-state index contributed by atoms with van der Waals surface area (Å²) in [6.45, 7) is 0.712. The third-order valence-electron chi connectivity index (χ3n) is 5.29. The van der Waals surface area contributed by atoms with Crippen LogP contribution in [0.4, 0.5) is 0 Å². The Morgan fingerprint density at radius 2 is 1.74 bits per heavy atom. The van der Waals surface area contributed by atoms with Crippen LogP contribution in [0.2, 0.25) is 0 Å². The number of carboxylic acids is 1. The Balaban J connectivity index is 1.98. The lowest BCUT2D eigenvalue weighted by Crippen LogP contribution is -2.55. The number of amides is 4. The van der Waals surface area contributed by atoms with Crippen molar-refractivity contribution in [3.63, 3.8) is 0 Å². The number of primary amides is 1. The summed E-state index contributed by atoms with van der Waals surface area (Å²) in [6, 6.07) is 3.48. The standard InChI is InChI=1S/C22H30N6O7/c1-11(29)19(24)21(33)28-15(6-7-17(23)30)20(32)26-10-18(31)27-16(22(34)35)8-12-9-25-14-5-3-2-4-13(12)14/h2-5,9,11,15-16,19,25,29H,6-8,10,24H2,1H3,(H2,23,30)(H,26,32)(H,27,31)(H,28,33)(H,34,35). The maximum Gasteiger partial charge on any atom is 0.326 e. The highest BCUT2D eigenvalue weighted by atomic mass is 16.4. The molecule has 13 heteroatoms. The third kappa shape index (κ3) is 8.08. The van der Waals surface area contributed by atoms with Gasteiger partial charge in [0.05, 0.1) is 12.6 Å². The van der Waals surface area contributed by atoms with Crippen LogP contribution in [0.1, 0.15) is 25.3 Å². The number of rotatable bonds is 13. The van der Waals surface area contributed by atoms with Gasteiger partial charge in [-0.15, -0.1) is 0 Å². The minimum Gasteiger partial charge on any atom is -0.480 e. The van der Waals surface area contributed by atoms with E-state index in [4.69, 9.17) is 11.5 Å². The van der Waals surface area contributed by atoms with Gasteiger partial charge in [0, 0.05) is 29.9 Å². The van der Waals surface area contributed by atoms with Crippen LogP contribution in [0.5, 0.6) is 0 Å². The van der Waals surface area contributed by atoms with Crippen LogP contribution < -0.4 is 27.4 Å². The van der Waals surface area contributed by atoms with E-state index in [1.807, 2.05) is 24.3 Å². The van der Waals surface area contributed by atoms with Crippen molar-refractivity contribution >= 4 is 40.5 Å². The first kappa shape index (κ1) is 27.3. The monoisotopic (exact) mass is 490 g/mol. The second-order valence-corrected chi connectivity index (χ2v) is 8.07. The first-order valence-electron chi connectivity index (χ1n) is 10.9. The van der Waals surface area contributed by atoms with E-state index >= 15 is 0 Å². The molecular weight excluding hydrogens is 460 g/mol. The molecular formula is C22H30N6O7. The highest BCUT2D eigenvalue weighted by Crippen LogP contribution is 2.19. The van der Waals surface area contributed by atoms with Crippen molar-refractivity contribution in [3.8, 4) is 0 Å². The molecule has 0 saturated heterocycles. The van der Waals surface area contributed by atoms with E-state index in [-0.39, 0.29) is 19.3 Å². The van der Waals surface area contributed by atoms with E-state index in [0.29, 0.717) is 5.56 Å². The molecule has 35 heavy (non-hydrogen) atoms. The Hall–Kier alpha value is -3.97. The molecule has 2 rings (SSSR count). The highest BCUT2D eigenvalue weighted by molar-refractivity contribution is 5.93. The molecule has 0 spiro atoms. The zero-order valence-electron chi connectivity index (χ0n) is 19.1. The van der Waals surface area contributed by atoms with Gasteiger partial charge in [-0.1, -0.05) is 18.2 Å². The number of nitrogens with two attached hydrogens (primary N) is 2. The van der Waals surface area contributed by atoms with Crippen LogP contribution in [-0.2, 0) is 30.4 Å². The molecule has 1 heterocycles. The second kappa shape index (κ2) is 12.5.